The van der Waals surface area contributed by atoms with Gasteiger partial charge in [-0.15, -0.1) is 0 Å². The summed E-state index contributed by atoms with van der Waals surface area (Å²) in [5.74, 6) is 3.07. The van der Waals surface area contributed by atoms with E-state index in [1.165, 1.54) is 0 Å². The van der Waals surface area contributed by atoms with Gasteiger partial charge in [-0.05, 0) is 61.4 Å². The molecular weight excluding hydrogens is 446 g/mol. The van der Waals surface area contributed by atoms with Crippen molar-refractivity contribution in [2.45, 2.75) is 13.8 Å². The van der Waals surface area contributed by atoms with Crippen molar-refractivity contribution in [2.75, 3.05) is 32.0 Å². The maximum atomic E-state index is 12.6. The topological polar surface area (TPSA) is 90.9 Å². The lowest BCUT2D eigenvalue weighted by molar-refractivity contribution is 0.262. The van der Waals surface area contributed by atoms with Gasteiger partial charge in [-0.2, -0.15) is 0 Å². The number of anilines is 2. The molecule has 0 aliphatic heterocycles. The fourth-order valence-electron chi connectivity index (χ4n) is 3.72. The molecule has 4 rings (SSSR count). The van der Waals surface area contributed by atoms with Gasteiger partial charge in [0.2, 0.25) is 0 Å². The monoisotopic (exact) mass is 473 g/mol. The summed E-state index contributed by atoms with van der Waals surface area (Å²) in [6.07, 6.45) is 1.68. The minimum absolute atomic E-state index is 0.369. The van der Waals surface area contributed by atoms with Crippen LogP contribution in [0, 0.1) is 13.8 Å². The molecule has 0 aliphatic carbocycles. The number of urea groups is 1. The summed E-state index contributed by atoms with van der Waals surface area (Å²) in [7, 11) is 4.73. The van der Waals surface area contributed by atoms with Crippen LogP contribution in [0.4, 0.5) is 16.2 Å². The molecule has 3 aromatic carbocycles. The summed E-state index contributed by atoms with van der Waals surface area (Å²) < 4.78 is 22.4. The number of aromatic nitrogens is 1. The van der Waals surface area contributed by atoms with Gasteiger partial charge in [-0.25, -0.2) is 4.79 Å². The van der Waals surface area contributed by atoms with Crippen molar-refractivity contribution >= 4 is 28.3 Å². The Morgan fingerprint density at radius 3 is 2.14 bits per heavy atom. The Morgan fingerprint density at radius 2 is 1.40 bits per heavy atom. The van der Waals surface area contributed by atoms with E-state index in [1.807, 2.05) is 50.2 Å². The number of fused-ring (bicyclic) bond motifs is 1. The summed E-state index contributed by atoms with van der Waals surface area (Å²) in [4.78, 5) is 17.0. The molecule has 1 heterocycles. The van der Waals surface area contributed by atoms with Gasteiger partial charge in [-0.1, -0.05) is 12.1 Å². The summed E-state index contributed by atoms with van der Waals surface area (Å²) in [5, 5.41) is 6.51. The van der Waals surface area contributed by atoms with Gasteiger partial charge in [0, 0.05) is 23.3 Å². The van der Waals surface area contributed by atoms with E-state index in [9.17, 15) is 4.79 Å². The molecule has 0 unspecified atom stereocenters. The third-order valence-corrected chi connectivity index (χ3v) is 5.77. The Morgan fingerprint density at radius 1 is 0.714 bits per heavy atom. The number of nitrogens with one attached hydrogen (secondary N) is 2. The zero-order chi connectivity index (χ0) is 24.9. The van der Waals surface area contributed by atoms with Crippen molar-refractivity contribution in [2.24, 2.45) is 0 Å². The zero-order valence-electron chi connectivity index (χ0n) is 20.3. The SMILES string of the molecule is COc1ccccc1NC(=O)Nc1ccc(Oc2ccnc3cc(OC)c(OC)cc23)c(C)c1C. The molecule has 0 aliphatic rings. The predicted octanol–water partition coefficient (Wildman–Crippen LogP) is 6.31. The van der Waals surface area contributed by atoms with Crippen LogP contribution < -0.4 is 29.6 Å². The van der Waals surface area contributed by atoms with E-state index in [4.69, 9.17) is 18.9 Å². The molecule has 4 aromatic rings. The average molecular weight is 474 g/mol. The van der Waals surface area contributed by atoms with Crippen LogP contribution >= 0.6 is 0 Å². The lowest BCUT2D eigenvalue weighted by Crippen LogP contribution is -2.20. The van der Waals surface area contributed by atoms with Crippen molar-refractivity contribution in [3.05, 3.63) is 71.9 Å². The Hall–Kier alpha value is -4.46. The molecule has 8 heteroatoms. The van der Waals surface area contributed by atoms with E-state index < -0.39 is 0 Å². The molecule has 180 valence electrons. The molecule has 1 aromatic heterocycles. The third-order valence-electron chi connectivity index (χ3n) is 5.77. The molecule has 0 saturated carbocycles. The van der Waals surface area contributed by atoms with Gasteiger partial charge < -0.3 is 29.6 Å². The van der Waals surface area contributed by atoms with E-state index in [2.05, 4.69) is 15.6 Å². The van der Waals surface area contributed by atoms with E-state index in [0.717, 1.165) is 22.0 Å². The fourth-order valence-corrected chi connectivity index (χ4v) is 3.72. The van der Waals surface area contributed by atoms with E-state index in [-0.39, 0.29) is 6.03 Å². The van der Waals surface area contributed by atoms with Crippen LogP contribution in [-0.2, 0) is 0 Å². The largest absolute Gasteiger partial charge is 0.495 e. The molecule has 8 nitrogen and oxygen atoms in total. The summed E-state index contributed by atoms with van der Waals surface area (Å²) in [6.45, 7) is 3.88. The lowest BCUT2D eigenvalue weighted by atomic mass is 10.1. The van der Waals surface area contributed by atoms with Crippen LogP contribution in [0.15, 0.2) is 60.8 Å². The van der Waals surface area contributed by atoms with Crippen LogP contribution in [0.3, 0.4) is 0 Å². The van der Waals surface area contributed by atoms with E-state index in [0.29, 0.717) is 40.1 Å². The molecule has 0 spiro atoms. The minimum Gasteiger partial charge on any atom is -0.495 e. The first-order valence-electron chi connectivity index (χ1n) is 10.9. The number of rotatable bonds is 7. The first-order valence-corrected chi connectivity index (χ1v) is 10.9. The normalized spacial score (nSPS) is 10.5. The minimum atomic E-state index is -0.369. The predicted molar refractivity (Wildman–Crippen MR) is 136 cm³/mol. The van der Waals surface area contributed by atoms with Crippen molar-refractivity contribution < 1.29 is 23.7 Å². The maximum Gasteiger partial charge on any atom is 0.323 e. The number of carbonyl (C=O) groups excluding carboxylic acids is 1. The summed E-state index contributed by atoms with van der Waals surface area (Å²) in [5.41, 5.74) is 3.76. The average Bonchev–Trinajstić information content (AvgIpc) is 2.88. The Balaban J connectivity index is 1.58. The Labute approximate surface area is 203 Å². The van der Waals surface area contributed by atoms with Crippen LogP contribution in [0.1, 0.15) is 11.1 Å². The van der Waals surface area contributed by atoms with E-state index in [1.54, 1.807) is 45.7 Å². The van der Waals surface area contributed by atoms with E-state index >= 15 is 0 Å². The van der Waals surface area contributed by atoms with Crippen molar-refractivity contribution in [3.8, 4) is 28.7 Å². The number of methoxy groups -OCH3 is 3. The van der Waals surface area contributed by atoms with Gasteiger partial charge in [-0.3, -0.25) is 4.98 Å². The highest BCUT2D eigenvalue weighted by molar-refractivity contribution is 6.01. The highest BCUT2D eigenvalue weighted by atomic mass is 16.5. The smallest absolute Gasteiger partial charge is 0.323 e. The van der Waals surface area contributed by atoms with Gasteiger partial charge in [0.15, 0.2) is 11.5 Å². The molecule has 0 bridgehead atoms. The molecule has 0 fully saturated rings. The number of pyridine rings is 1. The quantitative estimate of drug-likeness (QED) is 0.327. The number of ether oxygens (including phenoxy) is 4. The fraction of sp³-hybridized carbons (Fsp3) is 0.185. The maximum absolute atomic E-state index is 12.6. The molecule has 35 heavy (non-hydrogen) atoms. The Kier molecular flexibility index (Phi) is 6.91. The van der Waals surface area contributed by atoms with Crippen LogP contribution in [0.5, 0.6) is 28.7 Å². The standard InChI is InChI=1S/C27H27N3O5/c1-16-17(2)22(11-10-19(16)29-27(31)30-20-8-6-7-9-24(20)32-3)35-23-12-13-28-21-15-26(34-5)25(33-4)14-18(21)23/h6-15H,1-5H3,(H2,29,30,31). The molecule has 0 radical (unpaired) electrons. The second kappa shape index (κ2) is 10.2. The molecule has 2 amide bonds. The summed E-state index contributed by atoms with van der Waals surface area (Å²) in [6, 6.07) is 16.0. The van der Waals surface area contributed by atoms with Crippen LogP contribution in [0.25, 0.3) is 10.9 Å². The number of para-hydroxylation sites is 2. The number of carbonyl (C=O) groups is 1. The molecular formula is C27H27N3O5. The molecule has 2 N–H and O–H groups in total. The van der Waals surface area contributed by atoms with Gasteiger partial charge in [0.25, 0.3) is 0 Å². The van der Waals surface area contributed by atoms with Gasteiger partial charge in [0.05, 0.1) is 32.5 Å². The highest BCUT2D eigenvalue weighted by Gasteiger charge is 2.15. The van der Waals surface area contributed by atoms with Crippen LogP contribution in [0.2, 0.25) is 0 Å². The second-order valence-electron chi connectivity index (χ2n) is 7.78. The second-order valence-corrected chi connectivity index (χ2v) is 7.78. The highest BCUT2D eigenvalue weighted by Crippen LogP contribution is 2.38. The Bertz CT molecular complexity index is 1390. The number of hydrogen-bond acceptors (Lipinski definition) is 6. The number of nitrogens with zero attached hydrogens (tertiary/aromatic N) is 1. The van der Waals surface area contributed by atoms with Crippen molar-refractivity contribution in [1.29, 1.82) is 0 Å². The van der Waals surface area contributed by atoms with Crippen LogP contribution in [-0.4, -0.2) is 32.3 Å². The van der Waals surface area contributed by atoms with Crippen molar-refractivity contribution in [3.63, 3.8) is 0 Å². The zero-order valence-corrected chi connectivity index (χ0v) is 20.3. The summed E-state index contributed by atoms with van der Waals surface area (Å²) >= 11 is 0. The van der Waals surface area contributed by atoms with Crippen molar-refractivity contribution in [1.82, 2.24) is 4.98 Å². The lowest BCUT2D eigenvalue weighted by Gasteiger charge is -2.17. The third kappa shape index (κ3) is 4.91. The first-order chi connectivity index (χ1) is 16.9. The first kappa shape index (κ1) is 23.7. The number of benzene rings is 3. The number of amides is 2. The van der Waals surface area contributed by atoms with Gasteiger partial charge >= 0.3 is 6.03 Å². The molecule has 0 atom stereocenters. The number of hydrogen-bond donors (Lipinski definition) is 2. The molecule has 0 saturated heterocycles. The van der Waals surface area contributed by atoms with Gasteiger partial charge in [0.1, 0.15) is 17.2 Å².